The summed E-state index contributed by atoms with van der Waals surface area (Å²) < 4.78 is 38.7. The Balaban J connectivity index is 1.85. The van der Waals surface area contributed by atoms with Crippen molar-refractivity contribution in [1.82, 2.24) is 15.0 Å². The van der Waals surface area contributed by atoms with Crippen LogP contribution in [0.2, 0.25) is 14.9 Å². The maximum absolute atomic E-state index is 12.7. The van der Waals surface area contributed by atoms with E-state index in [1.165, 1.54) is 0 Å². The third-order valence-corrected chi connectivity index (χ3v) is 8.00. The van der Waals surface area contributed by atoms with Crippen LogP contribution in [0.1, 0.15) is 15.9 Å². The number of carbonyl (C=O) groups is 1. The van der Waals surface area contributed by atoms with Crippen molar-refractivity contribution < 1.29 is 18.0 Å². The van der Waals surface area contributed by atoms with E-state index in [2.05, 4.69) is 35.5 Å². The van der Waals surface area contributed by atoms with Gasteiger partial charge in [-0.1, -0.05) is 0 Å². The molecule has 1 amide bonds. The Hall–Kier alpha value is -2.40. The minimum absolute atomic E-state index is 0.0184. The first kappa shape index (κ1) is 22.3. The van der Waals surface area contributed by atoms with Crippen LogP contribution in [0.5, 0.6) is 0 Å². The van der Waals surface area contributed by atoms with Gasteiger partial charge in [0.25, 0.3) is 0 Å². The molecule has 0 saturated heterocycles. The molecule has 0 aliphatic carbocycles. The molecule has 0 saturated carbocycles. The standard InChI is InChI=1S/C17H10ClF3N5O.2CH3.Sn.H/c18-12-3-1-2-4-13(12)24-15-22-9-23-16(26-15)25-14(27)10-5-7-11(8-6-10)17(19,20)21;;;;/h1-8H,(H2,22,23,24,25,26,27);2*1H3;;. The van der Waals surface area contributed by atoms with E-state index in [1.807, 2.05) is 0 Å². The fourth-order valence-corrected chi connectivity index (χ4v) is 4.78. The topological polar surface area (TPSA) is 79.8 Å². The molecule has 30 heavy (non-hydrogen) atoms. The van der Waals surface area contributed by atoms with Crippen molar-refractivity contribution in [1.29, 1.82) is 0 Å². The van der Waals surface area contributed by atoms with Crippen LogP contribution in [0.4, 0.5) is 30.8 Å². The quantitative estimate of drug-likeness (QED) is 0.472. The van der Waals surface area contributed by atoms with Crippen LogP contribution in [0.15, 0.2) is 48.5 Å². The summed E-state index contributed by atoms with van der Waals surface area (Å²) in [4.78, 5) is 29.5. The number of hydrogen-bond acceptors (Lipinski definition) is 5. The fraction of sp³-hybridized carbons (Fsp3) is 0.158. The molecule has 0 aliphatic heterocycles. The zero-order valence-electron chi connectivity index (χ0n) is 16.0. The van der Waals surface area contributed by atoms with Crippen LogP contribution in [0.25, 0.3) is 0 Å². The summed E-state index contributed by atoms with van der Waals surface area (Å²) >= 11 is 3.98. The summed E-state index contributed by atoms with van der Waals surface area (Å²) in [5.74, 6) is -0.380. The molecule has 0 unspecified atom stereocenters. The van der Waals surface area contributed by atoms with Crippen LogP contribution in [-0.2, 0) is 6.18 Å². The summed E-state index contributed by atoms with van der Waals surface area (Å²) in [5, 5.41) is 6.01. The Kier molecular flexibility index (Phi) is 6.81. The van der Waals surface area contributed by atoms with Crippen LogP contribution in [0.3, 0.4) is 0 Å². The second kappa shape index (κ2) is 9.17. The van der Waals surface area contributed by atoms with Gasteiger partial charge in [0, 0.05) is 0 Å². The minimum atomic E-state index is -4.47. The van der Waals surface area contributed by atoms with Gasteiger partial charge in [-0.05, 0) is 0 Å². The van der Waals surface area contributed by atoms with E-state index >= 15 is 0 Å². The number of nitrogens with zero attached hydrogens (tertiary/aromatic N) is 3. The van der Waals surface area contributed by atoms with E-state index in [0.29, 0.717) is 14.6 Å². The first-order valence-electron chi connectivity index (χ1n) is 8.89. The third-order valence-electron chi connectivity index (χ3n) is 3.99. The molecule has 156 valence electrons. The Morgan fingerprint density at radius 2 is 1.60 bits per heavy atom. The summed E-state index contributed by atoms with van der Waals surface area (Å²) in [7, 11) is 0. The van der Waals surface area contributed by atoms with Crippen molar-refractivity contribution >= 4 is 58.7 Å². The number of amides is 1. The Labute approximate surface area is 182 Å². The number of para-hydroxylation sites is 1. The van der Waals surface area contributed by atoms with Crippen molar-refractivity contribution in [2.24, 2.45) is 0 Å². The Bertz CT molecular complexity index is 1060. The molecule has 11 heteroatoms. The van der Waals surface area contributed by atoms with E-state index in [9.17, 15) is 18.0 Å². The van der Waals surface area contributed by atoms with Crippen LogP contribution >= 0.6 is 11.6 Å². The fourth-order valence-electron chi connectivity index (χ4n) is 2.43. The van der Waals surface area contributed by atoms with Crippen molar-refractivity contribution in [3.05, 3.63) is 64.7 Å². The van der Waals surface area contributed by atoms with E-state index in [1.54, 1.807) is 24.3 Å². The summed E-state index contributed by atoms with van der Waals surface area (Å²) in [6.45, 7) is 0. The summed E-state index contributed by atoms with van der Waals surface area (Å²) in [6.07, 6.45) is -4.47. The summed E-state index contributed by atoms with van der Waals surface area (Å²) in [5.41, 5.74) is -0.185. The van der Waals surface area contributed by atoms with E-state index in [0.717, 1.165) is 24.3 Å². The molecule has 3 aromatic rings. The van der Waals surface area contributed by atoms with Gasteiger partial charge in [-0.25, -0.2) is 0 Å². The number of benzene rings is 2. The molecule has 3 rings (SSSR count). The van der Waals surface area contributed by atoms with Gasteiger partial charge in [0.05, 0.1) is 0 Å². The number of carbonyl (C=O) groups excluding carboxylic acids is 1. The van der Waals surface area contributed by atoms with Crippen molar-refractivity contribution in [2.75, 3.05) is 10.6 Å². The second-order valence-corrected chi connectivity index (χ2v) is 15.1. The van der Waals surface area contributed by atoms with Gasteiger partial charge in [-0.3, -0.25) is 0 Å². The predicted octanol–water partition coefficient (Wildman–Crippen LogP) is 4.23. The molecule has 0 spiro atoms. The molecule has 0 radical (unpaired) electrons. The number of alkyl halides is 3. The van der Waals surface area contributed by atoms with Crippen molar-refractivity contribution in [3.8, 4) is 0 Å². The third kappa shape index (κ3) is 5.60. The first-order valence-corrected chi connectivity index (χ1v) is 17.5. The second-order valence-electron chi connectivity index (χ2n) is 6.63. The molecule has 2 N–H and O–H groups in total. The van der Waals surface area contributed by atoms with Gasteiger partial charge >= 0.3 is 183 Å². The number of hydrogen-bond donors (Lipinski definition) is 2. The van der Waals surface area contributed by atoms with E-state index < -0.39 is 37.4 Å². The SMILES string of the molecule is [CH3][SnH]([CH3])[c]1nc(NC(=O)c2ccc(C(F)(F)F)cc2)nc(Nc2ccccc2Cl)n1. The number of halogens is 4. The van der Waals surface area contributed by atoms with Gasteiger partial charge < -0.3 is 0 Å². The first-order chi connectivity index (χ1) is 14.1. The van der Waals surface area contributed by atoms with Gasteiger partial charge in [-0.2, -0.15) is 0 Å². The summed E-state index contributed by atoms with van der Waals surface area (Å²) in [6, 6.07) is 10.9. The number of aromatic nitrogens is 3. The molecule has 0 bridgehead atoms. The molecule has 0 atom stereocenters. The average molecular weight is 543 g/mol. The molecule has 0 fully saturated rings. The van der Waals surface area contributed by atoms with Gasteiger partial charge in [0.1, 0.15) is 0 Å². The molecule has 1 aromatic heterocycles. The number of rotatable bonds is 5. The molecule has 2 aromatic carbocycles. The van der Waals surface area contributed by atoms with Gasteiger partial charge in [-0.15, -0.1) is 0 Å². The molecule has 1 heterocycles. The predicted molar refractivity (Wildman–Crippen MR) is 112 cm³/mol. The Morgan fingerprint density at radius 1 is 0.967 bits per heavy atom. The van der Waals surface area contributed by atoms with Crippen LogP contribution in [-0.4, -0.2) is 40.6 Å². The van der Waals surface area contributed by atoms with Crippen molar-refractivity contribution in [3.63, 3.8) is 0 Å². The number of nitrogens with one attached hydrogen (secondary N) is 2. The number of anilines is 3. The normalized spacial score (nSPS) is 11.4. The van der Waals surface area contributed by atoms with Crippen molar-refractivity contribution in [2.45, 2.75) is 16.1 Å². The zero-order chi connectivity index (χ0) is 21.9. The average Bonchev–Trinajstić information content (AvgIpc) is 2.69. The maximum atomic E-state index is 12.7. The van der Waals surface area contributed by atoms with Gasteiger partial charge in [0.2, 0.25) is 0 Å². The molecular formula is C19H17ClF3N5OSn. The molecule has 0 aliphatic rings. The monoisotopic (exact) mass is 543 g/mol. The Morgan fingerprint density at radius 3 is 2.20 bits per heavy atom. The molecular weight excluding hydrogens is 525 g/mol. The van der Waals surface area contributed by atoms with Crippen LogP contribution < -0.4 is 14.5 Å². The molecule has 6 nitrogen and oxygen atoms in total. The van der Waals surface area contributed by atoms with Crippen LogP contribution in [0, 0.1) is 0 Å². The van der Waals surface area contributed by atoms with E-state index in [-0.39, 0.29) is 17.5 Å². The van der Waals surface area contributed by atoms with E-state index in [4.69, 9.17) is 11.6 Å². The zero-order valence-corrected chi connectivity index (χ0v) is 20.0. The van der Waals surface area contributed by atoms with Gasteiger partial charge in [0.15, 0.2) is 0 Å².